The lowest BCUT2D eigenvalue weighted by Crippen LogP contribution is -2.01. The van der Waals surface area contributed by atoms with Crippen molar-refractivity contribution in [3.63, 3.8) is 0 Å². The summed E-state index contributed by atoms with van der Waals surface area (Å²) >= 11 is 3.56. The third-order valence-corrected chi connectivity index (χ3v) is 3.32. The van der Waals surface area contributed by atoms with Crippen molar-refractivity contribution in [1.29, 1.82) is 0 Å². The molecule has 0 aliphatic carbocycles. The van der Waals surface area contributed by atoms with E-state index in [-0.39, 0.29) is 0 Å². The smallest absolute Gasteiger partial charge is 0.135 e. The van der Waals surface area contributed by atoms with Crippen LogP contribution in [-0.2, 0) is 0 Å². The second kappa shape index (κ2) is 4.70. The van der Waals surface area contributed by atoms with Gasteiger partial charge in [0.15, 0.2) is 6.33 Å². The Morgan fingerprint density at radius 2 is 1.61 bits per heavy atom. The minimum Gasteiger partial charge on any atom is -0.135 e. The van der Waals surface area contributed by atoms with Crippen LogP contribution in [0.25, 0.3) is 16.8 Å². The van der Waals surface area contributed by atoms with Gasteiger partial charge in [0, 0.05) is 10.0 Å². The molecule has 0 bridgehead atoms. The highest BCUT2D eigenvalue weighted by molar-refractivity contribution is 9.10. The number of para-hydroxylation sites is 1. The first kappa shape index (κ1) is 11.1. The van der Waals surface area contributed by atoms with E-state index >= 15 is 0 Å². The van der Waals surface area contributed by atoms with E-state index in [2.05, 4.69) is 37.4 Å². The quantitative estimate of drug-likeness (QED) is 0.730. The molecule has 1 heterocycles. The number of nitrogens with zero attached hydrogens (tertiary/aromatic N) is 4. The number of rotatable bonds is 2. The van der Waals surface area contributed by atoms with Crippen LogP contribution in [0.3, 0.4) is 0 Å². The molecule has 3 aromatic rings. The summed E-state index contributed by atoms with van der Waals surface area (Å²) < 4.78 is 1.04. The van der Waals surface area contributed by atoms with E-state index in [1.165, 1.54) is 11.1 Å². The van der Waals surface area contributed by atoms with Gasteiger partial charge in [0.1, 0.15) is 0 Å². The Balaban J connectivity index is 2.22. The summed E-state index contributed by atoms with van der Waals surface area (Å²) in [6, 6.07) is 16.0. The second-order valence-corrected chi connectivity index (χ2v) is 4.58. The summed E-state index contributed by atoms with van der Waals surface area (Å²) in [6.07, 6.45) is 1.43. The van der Waals surface area contributed by atoms with Gasteiger partial charge in [-0.2, -0.15) is 0 Å². The minimum atomic E-state index is 0.905. The molecule has 0 spiro atoms. The van der Waals surface area contributed by atoms with Crippen LogP contribution in [-0.4, -0.2) is 20.2 Å². The van der Waals surface area contributed by atoms with E-state index in [0.717, 1.165) is 21.3 Å². The Morgan fingerprint density at radius 3 is 2.33 bits per heavy atom. The largest absolute Gasteiger partial charge is 0.162 e. The molecule has 0 atom stereocenters. The summed E-state index contributed by atoms with van der Waals surface area (Å²) in [6.45, 7) is 0. The predicted octanol–water partition coefficient (Wildman–Crippen LogP) is 3.09. The van der Waals surface area contributed by atoms with Gasteiger partial charge in [-0.15, -0.1) is 15.0 Å². The van der Waals surface area contributed by atoms with E-state index in [4.69, 9.17) is 0 Å². The Labute approximate surface area is 112 Å². The molecule has 0 N–H and O–H groups in total. The summed E-state index contributed by atoms with van der Waals surface area (Å²) in [7, 11) is 0. The molecule has 0 fully saturated rings. The summed E-state index contributed by atoms with van der Waals surface area (Å²) in [5, 5.41) is 11.8. The highest BCUT2D eigenvalue weighted by Crippen LogP contribution is 2.31. The van der Waals surface area contributed by atoms with Crippen LogP contribution in [0.5, 0.6) is 0 Å². The number of aromatic nitrogens is 4. The third kappa shape index (κ3) is 1.93. The lowest BCUT2D eigenvalue weighted by molar-refractivity contribution is 0.721. The second-order valence-electron chi connectivity index (χ2n) is 3.72. The summed E-state index contributed by atoms with van der Waals surface area (Å²) in [5.74, 6) is 0. The maximum absolute atomic E-state index is 4.08. The van der Waals surface area contributed by atoms with Crippen LogP contribution in [0, 0.1) is 0 Å². The summed E-state index contributed by atoms with van der Waals surface area (Å²) in [4.78, 5) is 1.52. The van der Waals surface area contributed by atoms with Crippen LogP contribution in [0.2, 0.25) is 0 Å². The van der Waals surface area contributed by atoms with Crippen molar-refractivity contribution in [3.8, 4) is 16.8 Å². The molecule has 0 aliphatic heterocycles. The highest BCUT2D eigenvalue weighted by atomic mass is 79.9. The number of tetrazole rings is 1. The molecule has 2 aromatic carbocycles. The lowest BCUT2D eigenvalue weighted by atomic mass is 10.0. The topological polar surface area (TPSA) is 43.6 Å². The number of hydrogen-bond acceptors (Lipinski definition) is 3. The fourth-order valence-corrected chi connectivity index (χ4v) is 2.33. The van der Waals surface area contributed by atoms with Crippen molar-refractivity contribution < 1.29 is 0 Å². The van der Waals surface area contributed by atoms with Crippen LogP contribution in [0.15, 0.2) is 59.3 Å². The fourth-order valence-electron chi connectivity index (χ4n) is 1.83. The van der Waals surface area contributed by atoms with Gasteiger partial charge in [0.05, 0.1) is 5.69 Å². The number of halogens is 1. The molecule has 5 heteroatoms. The van der Waals surface area contributed by atoms with E-state index in [9.17, 15) is 0 Å². The summed E-state index contributed by atoms with van der Waals surface area (Å²) in [5.41, 5.74) is 3.07. The SMILES string of the molecule is Brc1ccccc1-c1ccccc1-n1ncnn1. The zero-order chi connectivity index (χ0) is 12.4. The standard InChI is InChI=1S/C13H9BrN4/c14-12-7-3-1-5-10(12)11-6-2-4-8-13(11)18-16-9-15-17-18/h1-9H. The first-order valence-corrected chi connectivity index (χ1v) is 6.23. The van der Waals surface area contributed by atoms with Gasteiger partial charge in [-0.05, 0) is 22.9 Å². The molecule has 0 radical (unpaired) electrons. The van der Waals surface area contributed by atoms with Gasteiger partial charge in [-0.3, -0.25) is 0 Å². The molecule has 0 aliphatic rings. The first-order chi connectivity index (χ1) is 8.86. The normalized spacial score (nSPS) is 10.5. The van der Waals surface area contributed by atoms with Crippen LogP contribution in [0.4, 0.5) is 0 Å². The van der Waals surface area contributed by atoms with Crippen molar-refractivity contribution in [1.82, 2.24) is 20.2 Å². The number of hydrogen-bond donors (Lipinski definition) is 0. The van der Waals surface area contributed by atoms with Crippen LogP contribution >= 0.6 is 15.9 Å². The molecule has 4 nitrogen and oxygen atoms in total. The Kier molecular flexibility index (Phi) is 2.90. The molecule has 18 heavy (non-hydrogen) atoms. The maximum atomic E-state index is 4.08. The predicted molar refractivity (Wildman–Crippen MR) is 72.3 cm³/mol. The lowest BCUT2D eigenvalue weighted by Gasteiger charge is -2.09. The molecule has 88 valence electrons. The Bertz CT molecular complexity index is 664. The molecule has 1 aromatic heterocycles. The maximum Gasteiger partial charge on any atom is 0.162 e. The van der Waals surface area contributed by atoms with Crippen molar-refractivity contribution in [2.24, 2.45) is 0 Å². The molecule has 0 amide bonds. The third-order valence-electron chi connectivity index (χ3n) is 2.63. The molecule has 0 unspecified atom stereocenters. The molecule has 0 saturated carbocycles. The van der Waals surface area contributed by atoms with Crippen molar-refractivity contribution in [2.75, 3.05) is 0 Å². The number of benzene rings is 2. The van der Waals surface area contributed by atoms with Gasteiger partial charge in [0.25, 0.3) is 0 Å². The fraction of sp³-hybridized carbons (Fsp3) is 0. The molecule has 3 rings (SSSR count). The first-order valence-electron chi connectivity index (χ1n) is 5.43. The Morgan fingerprint density at radius 1 is 0.889 bits per heavy atom. The van der Waals surface area contributed by atoms with Crippen molar-refractivity contribution in [2.45, 2.75) is 0 Å². The minimum absolute atomic E-state index is 0.905. The zero-order valence-corrected chi connectivity index (χ0v) is 10.9. The van der Waals surface area contributed by atoms with Gasteiger partial charge >= 0.3 is 0 Å². The van der Waals surface area contributed by atoms with Crippen LogP contribution in [0.1, 0.15) is 0 Å². The van der Waals surface area contributed by atoms with E-state index < -0.39 is 0 Å². The molecular weight excluding hydrogens is 292 g/mol. The van der Waals surface area contributed by atoms with Gasteiger partial charge in [-0.25, -0.2) is 0 Å². The van der Waals surface area contributed by atoms with E-state index in [1.807, 2.05) is 42.5 Å². The molecular formula is C13H9BrN4. The van der Waals surface area contributed by atoms with Crippen molar-refractivity contribution >= 4 is 15.9 Å². The van der Waals surface area contributed by atoms with E-state index in [1.54, 1.807) is 0 Å². The monoisotopic (exact) mass is 300 g/mol. The van der Waals surface area contributed by atoms with Crippen molar-refractivity contribution in [3.05, 3.63) is 59.3 Å². The molecule has 0 saturated heterocycles. The highest BCUT2D eigenvalue weighted by Gasteiger charge is 2.10. The average Bonchev–Trinajstić information content (AvgIpc) is 2.93. The van der Waals surface area contributed by atoms with E-state index in [0.29, 0.717) is 0 Å². The zero-order valence-electron chi connectivity index (χ0n) is 9.36. The van der Waals surface area contributed by atoms with Gasteiger partial charge in [-0.1, -0.05) is 52.3 Å². The van der Waals surface area contributed by atoms with Crippen LogP contribution < -0.4 is 0 Å². The average molecular weight is 301 g/mol. The Hall–Kier alpha value is -2.01. The van der Waals surface area contributed by atoms with Gasteiger partial charge < -0.3 is 0 Å². The van der Waals surface area contributed by atoms with Gasteiger partial charge in [0.2, 0.25) is 0 Å².